The number of nitrogens with zero attached hydrogens (tertiary/aromatic N) is 1. The van der Waals surface area contributed by atoms with Crippen molar-refractivity contribution in [3.8, 4) is 0 Å². The minimum absolute atomic E-state index is 0.292. The van der Waals surface area contributed by atoms with Crippen LogP contribution in [0.3, 0.4) is 0 Å². The van der Waals surface area contributed by atoms with E-state index in [1.807, 2.05) is 29.9 Å². The fraction of sp³-hybridized carbons (Fsp3) is 0.167. The molecular formula is C18H16F2N2O2. The van der Waals surface area contributed by atoms with Gasteiger partial charge in [-0.3, -0.25) is 4.79 Å². The number of amides is 1. The van der Waals surface area contributed by atoms with E-state index in [1.165, 1.54) is 6.07 Å². The van der Waals surface area contributed by atoms with Crippen molar-refractivity contribution in [2.75, 3.05) is 6.54 Å². The molecule has 1 unspecified atom stereocenters. The summed E-state index contributed by atoms with van der Waals surface area (Å²) in [5.41, 5.74) is 0.883. The van der Waals surface area contributed by atoms with Gasteiger partial charge in [-0.15, -0.1) is 0 Å². The van der Waals surface area contributed by atoms with E-state index in [0.717, 1.165) is 23.0 Å². The number of halogens is 2. The number of hydrogen-bond donors (Lipinski definition) is 2. The van der Waals surface area contributed by atoms with Gasteiger partial charge in [0.15, 0.2) is 0 Å². The summed E-state index contributed by atoms with van der Waals surface area (Å²) in [7, 11) is 1.87. The molecule has 0 aliphatic heterocycles. The summed E-state index contributed by atoms with van der Waals surface area (Å²) in [6, 6.07) is 10.5. The van der Waals surface area contributed by atoms with Gasteiger partial charge >= 0.3 is 0 Å². The molecule has 3 aromatic rings. The Balaban J connectivity index is 1.78. The number of benzene rings is 2. The summed E-state index contributed by atoms with van der Waals surface area (Å²) in [6.45, 7) is -0.292. The predicted molar refractivity (Wildman–Crippen MR) is 86.6 cm³/mol. The lowest BCUT2D eigenvalue weighted by Crippen LogP contribution is -2.29. The van der Waals surface area contributed by atoms with Crippen LogP contribution in [0, 0.1) is 11.6 Å². The molecular weight excluding hydrogens is 314 g/mol. The number of aryl methyl sites for hydroxylation is 1. The summed E-state index contributed by atoms with van der Waals surface area (Å²) in [5.74, 6) is -2.11. The van der Waals surface area contributed by atoms with Crippen LogP contribution in [0.5, 0.6) is 0 Å². The highest BCUT2D eigenvalue weighted by Gasteiger charge is 2.19. The van der Waals surface area contributed by atoms with E-state index < -0.39 is 29.2 Å². The maximum Gasteiger partial charge on any atom is 0.252 e. The molecule has 6 heteroatoms. The number of aliphatic hydroxyl groups excluding tert-OH is 1. The highest BCUT2D eigenvalue weighted by atomic mass is 19.1. The van der Waals surface area contributed by atoms with Crippen LogP contribution in [-0.4, -0.2) is 22.1 Å². The summed E-state index contributed by atoms with van der Waals surface area (Å²) < 4.78 is 29.2. The van der Waals surface area contributed by atoms with E-state index in [-0.39, 0.29) is 6.54 Å². The van der Waals surface area contributed by atoms with Crippen molar-refractivity contribution >= 4 is 16.8 Å². The van der Waals surface area contributed by atoms with Crippen LogP contribution >= 0.6 is 0 Å². The molecule has 2 N–H and O–H groups in total. The number of aromatic nitrogens is 1. The number of carbonyl (C=O) groups excluding carboxylic acids is 1. The maximum atomic E-state index is 13.6. The zero-order valence-corrected chi connectivity index (χ0v) is 13.0. The molecule has 0 radical (unpaired) electrons. The van der Waals surface area contributed by atoms with Crippen molar-refractivity contribution in [1.82, 2.24) is 9.88 Å². The van der Waals surface area contributed by atoms with Crippen molar-refractivity contribution < 1.29 is 18.7 Å². The lowest BCUT2D eigenvalue weighted by Gasteiger charge is -2.14. The molecule has 0 fully saturated rings. The first-order valence-corrected chi connectivity index (χ1v) is 7.43. The zero-order valence-electron chi connectivity index (χ0n) is 13.0. The second-order valence-electron chi connectivity index (χ2n) is 5.53. The van der Waals surface area contributed by atoms with E-state index in [9.17, 15) is 18.7 Å². The molecule has 0 aliphatic carbocycles. The van der Waals surface area contributed by atoms with Crippen molar-refractivity contribution in [2.24, 2.45) is 7.05 Å². The lowest BCUT2D eigenvalue weighted by atomic mass is 10.1. The average molecular weight is 330 g/mol. The van der Waals surface area contributed by atoms with E-state index in [1.54, 1.807) is 12.1 Å². The molecule has 0 saturated heterocycles. The molecule has 124 valence electrons. The van der Waals surface area contributed by atoms with Gasteiger partial charge in [0, 0.05) is 36.3 Å². The topological polar surface area (TPSA) is 54.3 Å². The van der Waals surface area contributed by atoms with Gasteiger partial charge in [-0.25, -0.2) is 8.78 Å². The van der Waals surface area contributed by atoms with Crippen LogP contribution in [-0.2, 0) is 7.05 Å². The zero-order chi connectivity index (χ0) is 17.3. The van der Waals surface area contributed by atoms with Gasteiger partial charge in [-0.1, -0.05) is 12.1 Å². The van der Waals surface area contributed by atoms with Gasteiger partial charge in [-0.05, 0) is 30.3 Å². The second kappa shape index (κ2) is 6.41. The first-order chi connectivity index (χ1) is 11.5. The largest absolute Gasteiger partial charge is 0.386 e. The maximum absolute atomic E-state index is 13.6. The van der Waals surface area contributed by atoms with Crippen molar-refractivity contribution in [3.63, 3.8) is 0 Å². The molecule has 1 aromatic heterocycles. The molecule has 1 amide bonds. The number of hydrogen-bond acceptors (Lipinski definition) is 2. The summed E-state index contributed by atoms with van der Waals surface area (Å²) in [5, 5.41) is 13.3. The quantitative estimate of drug-likeness (QED) is 0.773. The Kier molecular flexibility index (Phi) is 4.31. The third-order valence-corrected chi connectivity index (χ3v) is 3.96. The van der Waals surface area contributed by atoms with Crippen LogP contribution < -0.4 is 5.32 Å². The number of aliphatic hydroxyl groups is 1. The Morgan fingerprint density at radius 2 is 1.83 bits per heavy atom. The molecule has 2 aromatic carbocycles. The Morgan fingerprint density at radius 3 is 2.54 bits per heavy atom. The molecule has 24 heavy (non-hydrogen) atoms. The minimum Gasteiger partial charge on any atom is -0.386 e. The van der Waals surface area contributed by atoms with Gasteiger partial charge in [0.25, 0.3) is 5.91 Å². The minimum atomic E-state index is -1.47. The fourth-order valence-corrected chi connectivity index (χ4v) is 2.72. The molecule has 3 rings (SSSR count). The van der Waals surface area contributed by atoms with Crippen LogP contribution in [0.1, 0.15) is 22.0 Å². The number of rotatable bonds is 4. The third-order valence-electron chi connectivity index (χ3n) is 3.96. The van der Waals surface area contributed by atoms with Crippen molar-refractivity contribution in [1.29, 1.82) is 0 Å². The normalized spacial score (nSPS) is 12.3. The van der Waals surface area contributed by atoms with Crippen LogP contribution in [0.4, 0.5) is 8.78 Å². The van der Waals surface area contributed by atoms with E-state index >= 15 is 0 Å². The third kappa shape index (κ3) is 2.88. The lowest BCUT2D eigenvalue weighted by molar-refractivity contribution is 0.0913. The van der Waals surface area contributed by atoms with E-state index in [4.69, 9.17) is 0 Å². The Labute approximate surface area is 137 Å². The van der Waals surface area contributed by atoms with Crippen LogP contribution in [0.2, 0.25) is 0 Å². The molecule has 1 atom stereocenters. The van der Waals surface area contributed by atoms with Gasteiger partial charge in [0.2, 0.25) is 0 Å². The SMILES string of the molecule is Cn1ccc2c(C(=O)NCC(O)c3c(F)cccc3F)cccc21. The Morgan fingerprint density at radius 1 is 1.17 bits per heavy atom. The fourth-order valence-electron chi connectivity index (χ4n) is 2.72. The predicted octanol–water partition coefficient (Wildman–Crippen LogP) is 2.92. The molecule has 0 saturated carbocycles. The van der Waals surface area contributed by atoms with Crippen molar-refractivity contribution in [2.45, 2.75) is 6.10 Å². The second-order valence-corrected chi connectivity index (χ2v) is 5.53. The monoisotopic (exact) mass is 330 g/mol. The molecule has 1 heterocycles. The number of carbonyl (C=O) groups is 1. The average Bonchev–Trinajstić information content (AvgIpc) is 2.94. The Bertz CT molecular complexity index is 885. The van der Waals surface area contributed by atoms with Gasteiger partial charge in [0.05, 0.1) is 5.56 Å². The Hall–Kier alpha value is -2.73. The standard InChI is InChI=1S/C18H16F2N2O2/c1-22-9-8-11-12(4-2-7-15(11)22)18(24)21-10-16(23)17-13(19)5-3-6-14(17)20/h2-9,16,23H,10H2,1H3,(H,21,24). The van der Waals surface area contributed by atoms with Gasteiger partial charge in [-0.2, -0.15) is 0 Å². The van der Waals surface area contributed by atoms with E-state index in [2.05, 4.69) is 5.32 Å². The molecule has 0 aliphatic rings. The smallest absolute Gasteiger partial charge is 0.252 e. The van der Waals surface area contributed by atoms with Crippen LogP contribution in [0.25, 0.3) is 10.9 Å². The highest BCUT2D eigenvalue weighted by Crippen LogP contribution is 2.21. The number of nitrogens with one attached hydrogen (secondary N) is 1. The van der Waals surface area contributed by atoms with Gasteiger partial charge in [0.1, 0.15) is 17.7 Å². The first-order valence-electron chi connectivity index (χ1n) is 7.43. The first kappa shape index (κ1) is 16.1. The summed E-state index contributed by atoms with van der Waals surface area (Å²) in [4.78, 5) is 12.4. The van der Waals surface area contributed by atoms with Gasteiger partial charge < -0.3 is 15.0 Å². The van der Waals surface area contributed by atoms with Crippen LogP contribution in [0.15, 0.2) is 48.7 Å². The van der Waals surface area contributed by atoms with Crippen molar-refractivity contribution in [3.05, 3.63) is 71.4 Å². The molecule has 0 spiro atoms. The highest BCUT2D eigenvalue weighted by molar-refractivity contribution is 6.06. The molecule has 0 bridgehead atoms. The summed E-state index contributed by atoms with van der Waals surface area (Å²) >= 11 is 0. The molecule has 4 nitrogen and oxygen atoms in total. The van der Waals surface area contributed by atoms with E-state index in [0.29, 0.717) is 5.56 Å². The summed E-state index contributed by atoms with van der Waals surface area (Å²) in [6.07, 6.45) is 0.371. The number of fused-ring (bicyclic) bond motifs is 1.